The zero-order valence-electron chi connectivity index (χ0n) is 14.4. The number of carbonyl (C=O) groups excluding carboxylic acids is 3. The predicted molar refractivity (Wildman–Crippen MR) is 89.4 cm³/mol. The van der Waals surface area contributed by atoms with Gasteiger partial charge in [0.05, 0.1) is 17.0 Å². The van der Waals surface area contributed by atoms with Crippen molar-refractivity contribution in [2.45, 2.75) is 0 Å². The smallest absolute Gasteiger partial charge is 0.338 e. The van der Waals surface area contributed by atoms with Crippen molar-refractivity contribution in [2.75, 3.05) is 46.2 Å². The second-order valence-corrected chi connectivity index (χ2v) is 5.35. The topological polar surface area (TPSA) is 122 Å². The van der Waals surface area contributed by atoms with Crippen molar-refractivity contribution in [3.63, 3.8) is 0 Å². The third-order valence-corrected chi connectivity index (χ3v) is 3.30. The first kappa shape index (κ1) is 19.9. The number of nitro groups is 1. The minimum absolute atomic E-state index is 0.0425. The van der Waals surface area contributed by atoms with Gasteiger partial charge < -0.3 is 19.9 Å². The number of carbonyl (C=O) groups is 3. The highest BCUT2D eigenvalue weighted by atomic mass is 16.6. The van der Waals surface area contributed by atoms with Crippen LogP contribution in [0.15, 0.2) is 18.2 Å². The van der Waals surface area contributed by atoms with E-state index in [-0.39, 0.29) is 23.7 Å². The summed E-state index contributed by atoms with van der Waals surface area (Å²) in [5, 5.41) is 13.5. The monoisotopic (exact) mass is 352 g/mol. The molecule has 0 aromatic heterocycles. The lowest BCUT2D eigenvalue weighted by atomic mass is 10.1. The molecular weight excluding hydrogens is 332 g/mol. The van der Waals surface area contributed by atoms with Crippen molar-refractivity contribution in [3.8, 4) is 0 Å². The number of ether oxygens (including phenoxy) is 1. The summed E-state index contributed by atoms with van der Waals surface area (Å²) in [6, 6.07) is 3.90. The molecule has 0 saturated heterocycles. The standard InChI is InChI=1S/C15H20N4O6/c1-16-13(20)8-18(4)14(21)9-25-15(22)10-5-6-11(17(2)3)12(7-10)19(23)24/h5-7H,8-9H2,1-4H3,(H,16,20). The molecule has 25 heavy (non-hydrogen) atoms. The van der Waals surface area contributed by atoms with Crippen molar-refractivity contribution in [3.05, 3.63) is 33.9 Å². The third-order valence-electron chi connectivity index (χ3n) is 3.30. The average molecular weight is 352 g/mol. The summed E-state index contributed by atoms with van der Waals surface area (Å²) in [4.78, 5) is 48.2. The van der Waals surface area contributed by atoms with Crippen LogP contribution in [0.5, 0.6) is 0 Å². The molecule has 10 heteroatoms. The molecule has 0 radical (unpaired) electrons. The SMILES string of the molecule is CNC(=O)CN(C)C(=O)COC(=O)c1ccc(N(C)C)c([N+](=O)[O-])c1. The first-order valence-electron chi connectivity index (χ1n) is 7.24. The Labute approximate surface area is 144 Å². The fourth-order valence-electron chi connectivity index (χ4n) is 1.88. The molecule has 0 atom stereocenters. The van der Waals surface area contributed by atoms with Gasteiger partial charge in [-0.3, -0.25) is 19.7 Å². The first-order valence-corrected chi connectivity index (χ1v) is 7.24. The summed E-state index contributed by atoms with van der Waals surface area (Å²) in [5.74, 6) is -1.80. The van der Waals surface area contributed by atoms with Crippen LogP contribution in [0.25, 0.3) is 0 Å². The number of amides is 2. The Hall–Kier alpha value is -3.17. The van der Waals surface area contributed by atoms with E-state index in [1.54, 1.807) is 19.0 Å². The van der Waals surface area contributed by atoms with Gasteiger partial charge in [0.1, 0.15) is 5.69 Å². The molecule has 136 valence electrons. The molecule has 0 aliphatic rings. The van der Waals surface area contributed by atoms with Crippen molar-refractivity contribution in [1.82, 2.24) is 10.2 Å². The van der Waals surface area contributed by atoms with Crippen LogP contribution in [0.4, 0.5) is 11.4 Å². The van der Waals surface area contributed by atoms with Crippen molar-refractivity contribution in [2.24, 2.45) is 0 Å². The predicted octanol–water partition coefficient (Wildman–Crippen LogP) is 0.0220. The number of anilines is 1. The number of nitro benzene ring substituents is 1. The van der Waals surface area contributed by atoms with Crippen LogP contribution >= 0.6 is 0 Å². The molecule has 0 unspecified atom stereocenters. The molecule has 0 aliphatic carbocycles. The largest absolute Gasteiger partial charge is 0.452 e. The van der Waals surface area contributed by atoms with Gasteiger partial charge in [-0.15, -0.1) is 0 Å². The average Bonchev–Trinajstić information content (AvgIpc) is 2.58. The number of nitrogens with one attached hydrogen (secondary N) is 1. The highest BCUT2D eigenvalue weighted by Crippen LogP contribution is 2.27. The second-order valence-electron chi connectivity index (χ2n) is 5.35. The van der Waals surface area contributed by atoms with Crippen LogP contribution in [0.2, 0.25) is 0 Å². The molecule has 10 nitrogen and oxygen atoms in total. The highest BCUT2D eigenvalue weighted by Gasteiger charge is 2.21. The van der Waals surface area contributed by atoms with E-state index in [1.807, 2.05) is 0 Å². The van der Waals surface area contributed by atoms with Crippen molar-refractivity contribution >= 4 is 29.2 Å². The van der Waals surface area contributed by atoms with E-state index in [4.69, 9.17) is 4.74 Å². The summed E-state index contributed by atoms with van der Waals surface area (Å²) >= 11 is 0. The number of esters is 1. The Kier molecular flexibility index (Phi) is 6.85. The maximum absolute atomic E-state index is 12.0. The van der Waals surface area contributed by atoms with Gasteiger partial charge in [0, 0.05) is 34.3 Å². The second kappa shape index (κ2) is 8.62. The summed E-state index contributed by atoms with van der Waals surface area (Å²) in [6.45, 7) is -0.745. The van der Waals surface area contributed by atoms with Gasteiger partial charge in [0.15, 0.2) is 6.61 Å². The van der Waals surface area contributed by atoms with Gasteiger partial charge in [0.25, 0.3) is 11.6 Å². The Bertz CT molecular complexity index is 689. The minimum atomic E-state index is -0.866. The molecule has 0 saturated carbocycles. The van der Waals surface area contributed by atoms with Gasteiger partial charge in [-0.1, -0.05) is 0 Å². The Morgan fingerprint density at radius 2 is 1.88 bits per heavy atom. The number of nitrogens with zero attached hydrogens (tertiary/aromatic N) is 3. The number of hydrogen-bond acceptors (Lipinski definition) is 7. The fourth-order valence-corrected chi connectivity index (χ4v) is 1.88. The Balaban J connectivity index is 2.78. The molecule has 0 heterocycles. The van der Waals surface area contributed by atoms with E-state index in [1.165, 1.54) is 26.2 Å². The molecular formula is C15H20N4O6. The van der Waals surface area contributed by atoms with Crippen molar-refractivity contribution in [1.29, 1.82) is 0 Å². The van der Waals surface area contributed by atoms with Crippen LogP contribution in [-0.2, 0) is 14.3 Å². The van der Waals surface area contributed by atoms with E-state index < -0.39 is 23.4 Å². The summed E-state index contributed by atoms with van der Waals surface area (Å²) in [5.41, 5.74) is 0.0458. The fraction of sp³-hybridized carbons (Fsp3) is 0.400. The summed E-state index contributed by atoms with van der Waals surface area (Å²) in [6.07, 6.45) is 0. The van der Waals surface area contributed by atoms with Gasteiger partial charge >= 0.3 is 5.97 Å². The van der Waals surface area contributed by atoms with E-state index in [2.05, 4.69) is 5.32 Å². The zero-order valence-corrected chi connectivity index (χ0v) is 14.4. The third kappa shape index (κ3) is 5.44. The zero-order chi connectivity index (χ0) is 19.1. The lowest BCUT2D eigenvalue weighted by Gasteiger charge is -2.16. The lowest BCUT2D eigenvalue weighted by Crippen LogP contribution is -2.39. The van der Waals surface area contributed by atoms with Crippen molar-refractivity contribution < 1.29 is 24.0 Å². The molecule has 1 N–H and O–H groups in total. The highest BCUT2D eigenvalue weighted by molar-refractivity contribution is 5.93. The molecule has 1 aromatic rings. The minimum Gasteiger partial charge on any atom is -0.452 e. The lowest BCUT2D eigenvalue weighted by molar-refractivity contribution is -0.384. The van der Waals surface area contributed by atoms with Crippen LogP contribution < -0.4 is 10.2 Å². The van der Waals surface area contributed by atoms with Gasteiger partial charge in [-0.2, -0.15) is 0 Å². The molecule has 0 spiro atoms. The molecule has 0 bridgehead atoms. The normalized spacial score (nSPS) is 9.92. The molecule has 1 rings (SSSR count). The maximum atomic E-state index is 12.0. The van der Waals surface area contributed by atoms with Gasteiger partial charge in [-0.25, -0.2) is 4.79 Å². The van der Waals surface area contributed by atoms with Crippen LogP contribution in [0.1, 0.15) is 10.4 Å². The van der Waals surface area contributed by atoms with Crippen LogP contribution in [0.3, 0.4) is 0 Å². The first-order chi connectivity index (χ1) is 11.7. The number of benzene rings is 1. The van der Waals surface area contributed by atoms with E-state index >= 15 is 0 Å². The van der Waals surface area contributed by atoms with E-state index in [9.17, 15) is 24.5 Å². The molecule has 0 aliphatic heterocycles. The van der Waals surface area contributed by atoms with Gasteiger partial charge in [0.2, 0.25) is 5.91 Å². The number of rotatable bonds is 7. The molecule has 1 aromatic carbocycles. The number of hydrogen-bond donors (Lipinski definition) is 1. The van der Waals surface area contributed by atoms with E-state index in [0.717, 1.165) is 11.0 Å². The molecule has 0 fully saturated rings. The quantitative estimate of drug-likeness (QED) is 0.417. The molecule has 2 amide bonds. The Morgan fingerprint density at radius 3 is 2.40 bits per heavy atom. The summed E-state index contributed by atoms with van der Waals surface area (Å²) < 4.78 is 4.86. The van der Waals surface area contributed by atoms with Crippen LogP contribution in [-0.4, -0.2) is 68.9 Å². The summed E-state index contributed by atoms with van der Waals surface area (Å²) in [7, 11) is 6.11. The number of likely N-dealkylation sites (N-methyl/N-ethyl adjacent to an activating group) is 2. The van der Waals surface area contributed by atoms with Crippen LogP contribution in [0, 0.1) is 10.1 Å². The Morgan fingerprint density at radius 1 is 1.24 bits per heavy atom. The van der Waals surface area contributed by atoms with Gasteiger partial charge in [-0.05, 0) is 12.1 Å². The maximum Gasteiger partial charge on any atom is 0.338 e. The van der Waals surface area contributed by atoms with E-state index in [0.29, 0.717) is 5.69 Å².